The van der Waals surface area contributed by atoms with Crippen molar-refractivity contribution in [2.45, 2.75) is 26.8 Å². The molecule has 1 aromatic carbocycles. The normalized spacial score (nSPS) is 20.8. The largest absolute Gasteiger partial charge is 0.330 e. The van der Waals surface area contributed by atoms with Crippen LogP contribution in [0, 0.1) is 5.41 Å². The molecular formula is C17H29N3. The molecule has 0 bridgehead atoms. The van der Waals surface area contributed by atoms with Crippen molar-refractivity contribution in [2.24, 2.45) is 11.1 Å². The van der Waals surface area contributed by atoms with E-state index in [1.54, 1.807) is 0 Å². The van der Waals surface area contributed by atoms with E-state index in [1.165, 1.54) is 31.7 Å². The summed E-state index contributed by atoms with van der Waals surface area (Å²) in [7, 11) is 0. The molecule has 1 saturated heterocycles. The highest BCUT2D eigenvalue weighted by Gasteiger charge is 2.26. The smallest absolute Gasteiger partial charge is 0.0234 e. The monoisotopic (exact) mass is 275 g/mol. The summed E-state index contributed by atoms with van der Waals surface area (Å²) in [4.78, 5) is 5.13. The van der Waals surface area contributed by atoms with Crippen molar-refractivity contribution < 1.29 is 0 Å². The van der Waals surface area contributed by atoms with Gasteiger partial charge in [-0.05, 0) is 23.9 Å². The average Bonchev–Trinajstić information content (AvgIpc) is 2.50. The Balaban J connectivity index is 1.78. The van der Waals surface area contributed by atoms with E-state index in [0.29, 0.717) is 0 Å². The van der Waals surface area contributed by atoms with Gasteiger partial charge in [-0.1, -0.05) is 44.2 Å². The molecule has 0 amide bonds. The molecule has 1 aliphatic rings. The molecule has 20 heavy (non-hydrogen) atoms. The molecule has 1 aliphatic heterocycles. The molecule has 0 aliphatic carbocycles. The summed E-state index contributed by atoms with van der Waals surface area (Å²) in [6, 6.07) is 10.8. The van der Waals surface area contributed by atoms with Gasteiger partial charge in [0.1, 0.15) is 0 Å². The maximum absolute atomic E-state index is 5.93. The minimum Gasteiger partial charge on any atom is -0.330 e. The predicted molar refractivity (Wildman–Crippen MR) is 85.6 cm³/mol. The molecule has 2 N–H and O–H groups in total. The van der Waals surface area contributed by atoms with E-state index < -0.39 is 0 Å². The molecule has 0 aromatic heterocycles. The third-order valence-corrected chi connectivity index (χ3v) is 4.67. The summed E-state index contributed by atoms with van der Waals surface area (Å²) < 4.78 is 0. The van der Waals surface area contributed by atoms with Gasteiger partial charge in [0.15, 0.2) is 0 Å². The van der Waals surface area contributed by atoms with Crippen LogP contribution in [0.25, 0.3) is 0 Å². The first-order chi connectivity index (χ1) is 9.65. The van der Waals surface area contributed by atoms with Crippen molar-refractivity contribution in [1.29, 1.82) is 0 Å². The second-order valence-electron chi connectivity index (χ2n) is 6.41. The first-order valence-corrected chi connectivity index (χ1v) is 7.84. The molecule has 1 aromatic rings. The Bertz CT molecular complexity index is 378. The summed E-state index contributed by atoms with van der Waals surface area (Å²) >= 11 is 0. The SMILES string of the molecule is CCC(C)(CN)CN1CCN(Cc2ccccc2)CC1. The van der Waals surface area contributed by atoms with Crippen LogP contribution in [0.1, 0.15) is 25.8 Å². The average molecular weight is 275 g/mol. The lowest BCUT2D eigenvalue weighted by Gasteiger charge is -2.39. The van der Waals surface area contributed by atoms with Gasteiger partial charge in [-0.25, -0.2) is 0 Å². The molecule has 0 spiro atoms. The highest BCUT2D eigenvalue weighted by molar-refractivity contribution is 5.14. The molecular weight excluding hydrogens is 246 g/mol. The number of hydrogen-bond acceptors (Lipinski definition) is 3. The lowest BCUT2D eigenvalue weighted by Crippen LogP contribution is -2.50. The zero-order chi connectivity index (χ0) is 14.4. The van der Waals surface area contributed by atoms with Gasteiger partial charge in [-0.15, -0.1) is 0 Å². The van der Waals surface area contributed by atoms with Crippen LogP contribution in [-0.2, 0) is 6.54 Å². The number of nitrogens with two attached hydrogens (primary N) is 1. The van der Waals surface area contributed by atoms with Crippen molar-refractivity contribution in [1.82, 2.24) is 9.80 Å². The van der Waals surface area contributed by atoms with Crippen LogP contribution >= 0.6 is 0 Å². The van der Waals surface area contributed by atoms with Crippen molar-refractivity contribution in [3.05, 3.63) is 35.9 Å². The van der Waals surface area contributed by atoms with E-state index in [0.717, 1.165) is 26.1 Å². The molecule has 0 saturated carbocycles. The zero-order valence-electron chi connectivity index (χ0n) is 13.0. The first kappa shape index (κ1) is 15.5. The highest BCUT2D eigenvalue weighted by atomic mass is 15.3. The highest BCUT2D eigenvalue weighted by Crippen LogP contribution is 2.21. The summed E-state index contributed by atoms with van der Waals surface area (Å²) in [6.07, 6.45) is 1.16. The first-order valence-electron chi connectivity index (χ1n) is 7.84. The molecule has 2 rings (SSSR count). The van der Waals surface area contributed by atoms with Crippen molar-refractivity contribution in [3.8, 4) is 0 Å². The molecule has 1 fully saturated rings. The van der Waals surface area contributed by atoms with Crippen LogP contribution in [0.5, 0.6) is 0 Å². The second-order valence-corrected chi connectivity index (χ2v) is 6.41. The quantitative estimate of drug-likeness (QED) is 0.864. The standard InChI is InChI=1S/C17H29N3/c1-3-17(2,14-18)15-20-11-9-19(10-12-20)13-16-7-5-4-6-8-16/h4-8H,3,9-15,18H2,1-2H3. The van der Waals surface area contributed by atoms with Gasteiger partial charge in [0.05, 0.1) is 0 Å². The van der Waals surface area contributed by atoms with Gasteiger partial charge in [0.2, 0.25) is 0 Å². The predicted octanol–water partition coefficient (Wildman–Crippen LogP) is 2.18. The van der Waals surface area contributed by atoms with E-state index in [9.17, 15) is 0 Å². The van der Waals surface area contributed by atoms with Crippen LogP contribution in [0.2, 0.25) is 0 Å². The Kier molecular flexibility index (Phi) is 5.58. The molecule has 3 nitrogen and oxygen atoms in total. The van der Waals surface area contributed by atoms with E-state index in [4.69, 9.17) is 5.73 Å². The van der Waals surface area contributed by atoms with Crippen LogP contribution in [0.15, 0.2) is 30.3 Å². The van der Waals surface area contributed by atoms with Gasteiger partial charge in [-0.2, -0.15) is 0 Å². The summed E-state index contributed by atoms with van der Waals surface area (Å²) in [5.41, 5.74) is 7.62. The molecule has 1 unspecified atom stereocenters. The van der Waals surface area contributed by atoms with Crippen LogP contribution in [0.4, 0.5) is 0 Å². The molecule has 1 heterocycles. The number of rotatable bonds is 6. The fourth-order valence-corrected chi connectivity index (χ4v) is 2.81. The topological polar surface area (TPSA) is 32.5 Å². The molecule has 112 valence electrons. The van der Waals surface area contributed by atoms with Crippen LogP contribution in [-0.4, -0.2) is 49.1 Å². The van der Waals surface area contributed by atoms with Crippen molar-refractivity contribution in [3.63, 3.8) is 0 Å². The molecule has 1 atom stereocenters. The minimum absolute atomic E-state index is 0.279. The van der Waals surface area contributed by atoms with Crippen LogP contribution in [0.3, 0.4) is 0 Å². The van der Waals surface area contributed by atoms with Gasteiger partial charge in [-0.3, -0.25) is 4.90 Å². The molecule has 3 heteroatoms. The Morgan fingerprint density at radius 3 is 2.20 bits per heavy atom. The Morgan fingerprint density at radius 1 is 1.05 bits per heavy atom. The van der Waals surface area contributed by atoms with Gasteiger partial charge in [0, 0.05) is 39.3 Å². The van der Waals surface area contributed by atoms with Gasteiger partial charge < -0.3 is 10.6 Å². The summed E-state index contributed by atoms with van der Waals surface area (Å²) in [6.45, 7) is 12.2. The van der Waals surface area contributed by atoms with E-state index in [1.807, 2.05) is 0 Å². The van der Waals surface area contributed by atoms with Crippen molar-refractivity contribution in [2.75, 3.05) is 39.3 Å². The third kappa shape index (κ3) is 4.30. The third-order valence-electron chi connectivity index (χ3n) is 4.67. The number of benzene rings is 1. The number of hydrogen-bond donors (Lipinski definition) is 1. The fraction of sp³-hybridized carbons (Fsp3) is 0.647. The Hall–Kier alpha value is -0.900. The van der Waals surface area contributed by atoms with Gasteiger partial charge >= 0.3 is 0 Å². The maximum atomic E-state index is 5.93. The number of nitrogens with zero attached hydrogens (tertiary/aromatic N) is 2. The van der Waals surface area contributed by atoms with Gasteiger partial charge in [0.25, 0.3) is 0 Å². The number of piperazine rings is 1. The zero-order valence-corrected chi connectivity index (χ0v) is 13.0. The minimum atomic E-state index is 0.279. The summed E-state index contributed by atoms with van der Waals surface area (Å²) in [5, 5.41) is 0. The Labute approximate surface area is 123 Å². The lowest BCUT2D eigenvalue weighted by atomic mass is 9.87. The Morgan fingerprint density at radius 2 is 1.65 bits per heavy atom. The second kappa shape index (κ2) is 7.21. The lowest BCUT2D eigenvalue weighted by molar-refractivity contribution is 0.0881. The van der Waals surface area contributed by atoms with E-state index in [-0.39, 0.29) is 5.41 Å². The van der Waals surface area contributed by atoms with E-state index in [2.05, 4.69) is 54.0 Å². The van der Waals surface area contributed by atoms with Crippen molar-refractivity contribution >= 4 is 0 Å². The van der Waals surface area contributed by atoms with Crippen LogP contribution < -0.4 is 5.73 Å². The molecule has 0 radical (unpaired) electrons. The fourth-order valence-electron chi connectivity index (χ4n) is 2.81. The van der Waals surface area contributed by atoms with E-state index >= 15 is 0 Å². The summed E-state index contributed by atoms with van der Waals surface area (Å²) in [5.74, 6) is 0. The maximum Gasteiger partial charge on any atom is 0.0234 e.